The lowest BCUT2D eigenvalue weighted by molar-refractivity contribution is 0.134. The molecule has 0 N–H and O–H groups in total. The molecule has 0 saturated heterocycles. The summed E-state index contributed by atoms with van der Waals surface area (Å²) in [6.07, 6.45) is 1.19. The molecular formula is C11H13ClO3S. The Hall–Kier alpha value is -0.580. The Labute approximate surface area is 100 Å². The molecule has 88 valence electrons. The average molecular weight is 261 g/mol. The number of rotatable bonds is 3. The smallest absolute Gasteiger partial charge is 0.149 e. The third-order valence-electron chi connectivity index (χ3n) is 2.56. The highest BCUT2D eigenvalue weighted by Gasteiger charge is 2.18. The first kappa shape index (κ1) is 11.9. The van der Waals surface area contributed by atoms with Gasteiger partial charge in [0, 0.05) is 6.26 Å². The summed E-state index contributed by atoms with van der Waals surface area (Å²) in [5, 5.41) is -0.485. The van der Waals surface area contributed by atoms with Crippen LogP contribution in [0.25, 0.3) is 0 Å². The summed E-state index contributed by atoms with van der Waals surface area (Å²) in [6.45, 7) is 1.22. The average Bonchev–Trinajstić information content (AvgIpc) is 2.61. The van der Waals surface area contributed by atoms with Gasteiger partial charge in [0.2, 0.25) is 0 Å². The Kier molecular flexibility index (Phi) is 3.24. The Balaban J connectivity index is 2.21. The molecule has 5 heteroatoms. The lowest BCUT2D eigenvalue weighted by Gasteiger charge is -2.09. The van der Waals surface area contributed by atoms with Crippen molar-refractivity contribution in [2.45, 2.75) is 18.6 Å². The van der Waals surface area contributed by atoms with E-state index >= 15 is 0 Å². The molecule has 1 aliphatic heterocycles. The Bertz CT molecular complexity index is 496. The summed E-state index contributed by atoms with van der Waals surface area (Å²) >= 11 is 6.07. The van der Waals surface area contributed by atoms with Crippen molar-refractivity contribution in [1.29, 1.82) is 0 Å². The predicted octanol–water partition coefficient (Wildman–Crippen LogP) is 2.04. The minimum absolute atomic E-state index is 0.0335. The number of ether oxygens (including phenoxy) is 1. The van der Waals surface area contributed by atoms with Gasteiger partial charge in [-0.2, -0.15) is 0 Å². The van der Waals surface area contributed by atoms with Crippen LogP contribution in [0.1, 0.15) is 22.1 Å². The van der Waals surface area contributed by atoms with E-state index in [9.17, 15) is 8.42 Å². The Morgan fingerprint density at radius 3 is 2.75 bits per heavy atom. The second kappa shape index (κ2) is 4.35. The number of hydrogen-bond donors (Lipinski definition) is 0. The van der Waals surface area contributed by atoms with Gasteiger partial charge >= 0.3 is 0 Å². The van der Waals surface area contributed by atoms with E-state index in [0.717, 1.165) is 16.7 Å². The van der Waals surface area contributed by atoms with Crippen LogP contribution in [0.2, 0.25) is 0 Å². The van der Waals surface area contributed by atoms with Crippen LogP contribution in [0.3, 0.4) is 0 Å². The number of alkyl halides is 1. The molecule has 2 rings (SSSR count). The summed E-state index contributed by atoms with van der Waals surface area (Å²) in [4.78, 5) is 0. The molecule has 1 aromatic rings. The molecule has 0 bridgehead atoms. The van der Waals surface area contributed by atoms with Crippen LogP contribution < -0.4 is 0 Å². The number of fused-ring (bicyclic) bond motifs is 1. The van der Waals surface area contributed by atoms with Gasteiger partial charge in [0.15, 0.2) is 0 Å². The summed E-state index contributed by atoms with van der Waals surface area (Å²) in [6, 6.07) is 5.76. The standard InChI is InChI=1S/C11H13ClO3S/c1-16(13,14)7-11(12)8-2-3-9-5-15-6-10(9)4-8/h2-4,11H,5-7H2,1H3. The normalized spacial score (nSPS) is 17.1. The van der Waals surface area contributed by atoms with Gasteiger partial charge in [-0.1, -0.05) is 18.2 Å². The monoisotopic (exact) mass is 260 g/mol. The minimum Gasteiger partial charge on any atom is -0.372 e. The van der Waals surface area contributed by atoms with Gasteiger partial charge in [0.1, 0.15) is 9.84 Å². The molecule has 1 unspecified atom stereocenters. The van der Waals surface area contributed by atoms with Crippen molar-refractivity contribution in [1.82, 2.24) is 0 Å². The van der Waals surface area contributed by atoms with E-state index in [1.54, 1.807) is 0 Å². The zero-order valence-electron chi connectivity index (χ0n) is 8.94. The molecule has 1 heterocycles. The first-order valence-electron chi connectivity index (χ1n) is 4.97. The molecule has 1 aromatic carbocycles. The van der Waals surface area contributed by atoms with Gasteiger partial charge in [0.05, 0.1) is 24.3 Å². The van der Waals surface area contributed by atoms with E-state index in [4.69, 9.17) is 16.3 Å². The van der Waals surface area contributed by atoms with Crippen molar-refractivity contribution < 1.29 is 13.2 Å². The lowest BCUT2D eigenvalue weighted by atomic mass is 10.0. The maximum absolute atomic E-state index is 11.1. The number of halogens is 1. The molecule has 0 spiro atoms. The fourth-order valence-corrected chi connectivity index (χ4v) is 3.30. The van der Waals surface area contributed by atoms with Crippen molar-refractivity contribution >= 4 is 21.4 Å². The Morgan fingerprint density at radius 2 is 2.06 bits per heavy atom. The van der Waals surface area contributed by atoms with Crippen LogP contribution in [-0.4, -0.2) is 20.4 Å². The lowest BCUT2D eigenvalue weighted by Crippen LogP contribution is -2.09. The van der Waals surface area contributed by atoms with E-state index in [0.29, 0.717) is 13.2 Å². The van der Waals surface area contributed by atoms with E-state index in [-0.39, 0.29) is 5.75 Å². The zero-order chi connectivity index (χ0) is 11.8. The van der Waals surface area contributed by atoms with Gasteiger partial charge in [0.25, 0.3) is 0 Å². The van der Waals surface area contributed by atoms with Crippen molar-refractivity contribution in [3.63, 3.8) is 0 Å². The third-order valence-corrected chi connectivity index (χ3v) is 4.08. The van der Waals surface area contributed by atoms with Gasteiger partial charge in [-0.25, -0.2) is 8.42 Å². The maximum atomic E-state index is 11.1. The van der Waals surface area contributed by atoms with E-state index in [1.165, 1.54) is 6.26 Å². The minimum atomic E-state index is -3.05. The zero-order valence-corrected chi connectivity index (χ0v) is 10.5. The van der Waals surface area contributed by atoms with E-state index < -0.39 is 15.2 Å². The summed E-state index contributed by atoms with van der Waals surface area (Å²) < 4.78 is 27.6. The van der Waals surface area contributed by atoms with Gasteiger partial charge in [-0.15, -0.1) is 11.6 Å². The van der Waals surface area contributed by atoms with Crippen LogP contribution in [0.5, 0.6) is 0 Å². The largest absolute Gasteiger partial charge is 0.372 e. The molecule has 16 heavy (non-hydrogen) atoms. The highest BCUT2D eigenvalue weighted by atomic mass is 35.5. The molecule has 1 aliphatic rings. The second-order valence-corrected chi connectivity index (χ2v) is 6.79. The maximum Gasteiger partial charge on any atom is 0.149 e. The van der Waals surface area contributed by atoms with Gasteiger partial charge in [-0.3, -0.25) is 0 Å². The highest BCUT2D eigenvalue weighted by molar-refractivity contribution is 7.90. The van der Waals surface area contributed by atoms with Crippen LogP contribution in [0.15, 0.2) is 18.2 Å². The van der Waals surface area contributed by atoms with E-state index in [1.807, 2.05) is 18.2 Å². The first-order chi connectivity index (χ1) is 7.46. The number of sulfone groups is 1. The highest BCUT2D eigenvalue weighted by Crippen LogP contribution is 2.27. The number of benzene rings is 1. The van der Waals surface area contributed by atoms with Crippen LogP contribution >= 0.6 is 11.6 Å². The molecule has 0 aliphatic carbocycles. The van der Waals surface area contributed by atoms with Crippen LogP contribution in [0.4, 0.5) is 0 Å². The summed E-state index contributed by atoms with van der Waals surface area (Å²) in [5.41, 5.74) is 3.11. The summed E-state index contributed by atoms with van der Waals surface area (Å²) in [7, 11) is -3.05. The van der Waals surface area contributed by atoms with Crippen molar-refractivity contribution in [3.8, 4) is 0 Å². The molecule has 0 aromatic heterocycles. The first-order valence-corrected chi connectivity index (χ1v) is 7.46. The quantitative estimate of drug-likeness (QED) is 0.781. The molecule has 0 saturated carbocycles. The SMILES string of the molecule is CS(=O)(=O)CC(Cl)c1ccc2c(c1)COC2. The molecule has 3 nitrogen and oxygen atoms in total. The second-order valence-electron chi connectivity index (χ2n) is 4.08. The van der Waals surface area contributed by atoms with E-state index in [2.05, 4.69) is 0 Å². The predicted molar refractivity (Wildman–Crippen MR) is 63.2 cm³/mol. The van der Waals surface area contributed by atoms with Crippen LogP contribution in [0, 0.1) is 0 Å². The number of hydrogen-bond acceptors (Lipinski definition) is 3. The molecular weight excluding hydrogens is 248 g/mol. The van der Waals surface area contributed by atoms with Gasteiger partial charge < -0.3 is 4.74 Å². The summed E-state index contributed by atoms with van der Waals surface area (Å²) in [5.74, 6) is -0.0335. The fourth-order valence-electron chi connectivity index (χ4n) is 1.75. The Morgan fingerprint density at radius 1 is 1.38 bits per heavy atom. The molecule has 0 amide bonds. The van der Waals surface area contributed by atoms with Gasteiger partial charge in [-0.05, 0) is 16.7 Å². The van der Waals surface area contributed by atoms with Crippen molar-refractivity contribution in [2.75, 3.05) is 12.0 Å². The molecule has 0 radical (unpaired) electrons. The fraction of sp³-hybridized carbons (Fsp3) is 0.455. The van der Waals surface area contributed by atoms with Crippen molar-refractivity contribution in [2.24, 2.45) is 0 Å². The molecule has 1 atom stereocenters. The topological polar surface area (TPSA) is 43.4 Å². The third kappa shape index (κ3) is 2.75. The molecule has 0 fully saturated rings. The van der Waals surface area contributed by atoms with Crippen molar-refractivity contribution in [3.05, 3.63) is 34.9 Å². The van der Waals surface area contributed by atoms with Crippen LogP contribution in [-0.2, 0) is 27.8 Å².